The summed E-state index contributed by atoms with van der Waals surface area (Å²) in [7, 11) is 0. The highest BCUT2D eigenvalue weighted by Crippen LogP contribution is 2.35. The van der Waals surface area contributed by atoms with E-state index in [0.29, 0.717) is 0 Å². The van der Waals surface area contributed by atoms with E-state index >= 15 is 0 Å². The summed E-state index contributed by atoms with van der Waals surface area (Å²) < 4.78 is 0. The van der Waals surface area contributed by atoms with Crippen molar-refractivity contribution in [1.82, 2.24) is 10.2 Å². The van der Waals surface area contributed by atoms with Crippen LogP contribution in [0.2, 0.25) is 0 Å². The van der Waals surface area contributed by atoms with Crippen molar-refractivity contribution in [2.75, 3.05) is 19.6 Å². The van der Waals surface area contributed by atoms with E-state index in [-0.39, 0.29) is 0 Å². The predicted molar refractivity (Wildman–Crippen MR) is 51.2 cm³/mol. The van der Waals surface area contributed by atoms with E-state index < -0.39 is 0 Å². The van der Waals surface area contributed by atoms with Gasteiger partial charge in [-0.3, -0.25) is 4.90 Å². The highest BCUT2D eigenvalue weighted by molar-refractivity contribution is 4.92. The largest absolute Gasteiger partial charge is 0.314 e. The van der Waals surface area contributed by atoms with Crippen molar-refractivity contribution in [1.29, 1.82) is 0 Å². The smallest absolute Gasteiger partial charge is 0.0348 e. The number of rotatable bonds is 4. The average Bonchev–Trinajstić information content (AvgIpc) is 2.76. The Labute approximate surface area is 75.3 Å². The third-order valence-corrected chi connectivity index (χ3v) is 3.42. The van der Waals surface area contributed by atoms with E-state index in [2.05, 4.69) is 24.1 Å². The number of nitrogens with one attached hydrogen (secondary N) is 1. The molecular formula is C10H20N2. The molecule has 12 heavy (non-hydrogen) atoms. The Morgan fingerprint density at radius 2 is 2.08 bits per heavy atom. The molecule has 1 atom stereocenters. The number of nitrogens with zero attached hydrogens (tertiary/aromatic N) is 1. The van der Waals surface area contributed by atoms with Gasteiger partial charge in [-0.15, -0.1) is 0 Å². The number of likely N-dealkylation sites (N-methyl/N-ethyl adjacent to an activating group) is 1. The third-order valence-electron chi connectivity index (χ3n) is 3.42. The van der Waals surface area contributed by atoms with Crippen molar-refractivity contribution in [3.8, 4) is 0 Å². The summed E-state index contributed by atoms with van der Waals surface area (Å²) in [4.78, 5) is 2.67. The van der Waals surface area contributed by atoms with E-state index in [4.69, 9.17) is 0 Å². The minimum atomic E-state index is 0.835. The van der Waals surface area contributed by atoms with Gasteiger partial charge in [0.05, 0.1) is 0 Å². The normalized spacial score (nSPS) is 27.2. The summed E-state index contributed by atoms with van der Waals surface area (Å²) in [6.07, 6.45) is 2.94. The molecule has 2 fully saturated rings. The molecular weight excluding hydrogens is 148 g/mol. The molecule has 0 aromatic carbocycles. The van der Waals surface area contributed by atoms with Crippen molar-refractivity contribution in [3.63, 3.8) is 0 Å². The number of hydrogen-bond donors (Lipinski definition) is 1. The maximum Gasteiger partial charge on any atom is 0.0348 e. The van der Waals surface area contributed by atoms with Gasteiger partial charge in [-0.25, -0.2) is 0 Å². The van der Waals surface area contributed by atoms with E-state index in [1.807, 2.05) is 0 Å². The first-order valence-electron chi connectivity index (χ1n) is 5.29. The van der Waals surface area contributed by atoms with E-state index in [9.17, 15) is 0 Å². The van der Waals surface area contributed by atoms with Gasteiger partial charge in [0.15, 0.2) is 0 Å². The first-order chi connectivity index (χ1) is 5.83. The fraction of sp³-hybridized carbons (Fsp3) is 1.00. The Hall–Kier alpha value is -0.0800. The highest BCUT2D eigenvalue weighted by Gasteiger charge is 2.35. The fourth-order valence-electron chi connectivity index (χ4n) is 2.24. The first-order valence-corrected chi connectivity index (χ1v) is 5.29. The molecule has 0 amide bonds. The molecule has 2 rings (SSSR count). The van der Waals surface area contributed by atoms with Crippen LogP contribution in [0.25, 0.3) is 0 Å². The zero-order valence-electron chi connectivity index (χ0n) is 8.21. The molecule has 2 heteroatoms. The van der Waals surface area contributed by atoms with Gasteiger partial charge in [0.25, 0.3) is 0 Å². The quantitative estimate of drug-likeness (QED) is 0.675. The Morgan fingerprint density at radius 3 is 2.42 bits per heavy atom. The van der Waals surface area contributed by atoms with Crippen LogP contribution in [0.15, 0.2) is 0 Å². The zero-order valence-corrected chi connectivity index (χ0v) is 8.21. The SMILES string of the molecule is CCN(C1CNC1)C(C)C1CC1. The van der Waals surface area contributed by atoms with Crippen molar-refractivity contribution in [3.05, 3.63) is 0 Å². The van der Waals surface area contributed by atoms with Crippen molar-refractivity contribution in [2.24, 2.45) is 5.92 Å². The Kier molecular flexibility index (Phi) is 2.37. The van der Waals surface area contributed by atoms with Gasteiger partial charge in [0.1, 0.15) is 0 Å². The fourth-order valence-corrected chi connectivity index (χ4v) is 2.24. The van der Waals surface area contributed by atoms with E-state index in [1.54, 1.807) is 0 Å². The number of hydrogen-bond acceptors (Lipinski definition) is 2. The maximum atomic E-state index is 3.35. The molecule has 0 bridgehead atoms. The van der Waals surface area contributed by atoms with E-state index in [1.165, 1.54) is 32.5 Å². The summed E-state index contributed by atoms with van der Waals surface area (Å²) in [5, 5.41) is 3.35. The Morgan fingerprint density at radius 1 is 1.42 bits per heavy atom. The molecule has 1 unspecified atom stereocenters. The summed E-state index contributed by atoms with van der Waals surface area (Å²) in [5.41, 5.74) is 0. The second kappa shape index (κ2) is 3.35. The van der Waals surface area contributed by atoms with Gasteiger partial charge in [0.2, 0.25) is 0 Å². The van der Waals surface area contributed by atoms with Gasteiger partial charge in [0, 0.05) is 25.2 Å². The highest BCUT2D eigenvalue weighted by atomic mass is 15.3. The Bertz CT molecular complexity index is 150. The molecule has 1 aliphatic carbocycles. The van der Waals surface area contributed by atoms with Gasteiger partial charge < -0.3 is 5.32 Å². The van der Waals surface area contributed by atoms with Crippen LogP contribution in [0.5, 0.6) is 0 Å². The summed E-state index contributed by atoms with van der Waals surface area (Å²) in [6, 6.07) is 1.67. The lowest BCUT2D eigenvalue weighted by atomic mass is 10.1. The van der Waals surface area contributed by atoms with Crippen LogP contribution >= 0.6 is 0 Å². The summed E-state index contributed by atoms with van der Waals surface area (Å²) in [6.45, 7) is 8.34. The molecule has 1 saturated heterocycles. The van der Waals surface area contributed by atoms with Crippen molar-refractivity contribution >= 4 is 0 Å². The molecule has 70 valence electrons. The van der Waals surface area contributed by atoms with Crippen LogP contribution in [0.1, 0.15) is 26.7 Å². The maximum absolute atomic E-state index is 3.35. The van der Waals surface area contributed by atoms with Gasteiger partial charge >= 0.3 is 0 Å². The lowest BCUT2D eigenvalue weighted by Crippen LogP contribution is -2.59. The van der Waals surface area contributed by atoms with Crippen molar-refractivity contribution in [2.45, 2.75) is 38.8 Å². The topological polar surface area (TPSA) is 15.3 Å². The van der Waals surface area contributed by atoms with Gasteiger partial charge in [-0.2, -0.15) is 0 Å². The summed E-state index contributed by atoms with van der Waals surface area (Å²) >= 11 is 0. The van der Waals surface area contributed by atoms with Crippen LogP contribution in [-0.4, -0.2) is 36.6 Å². The van der Waals surface area contributed by atoms with Crippen LogP contribution in [0.3, 0.4) is 0 Å². The minimum Gasteiger partial charge on any atom is -0.314 e. The van der Waals surface area contributed by atoms with Gasteiger partial charge in [-0.05, 0) is 32.2 Å². The van der Waals surface area contributed by atoms with Crippen LogP contribution < -0.4 is 5.32 Å². The average molecular weight is 168 g/mol. The Balaban J connectivity index is 1.86. The molecule has 1 N–H and O–H groups in total. The summed E-state index contributed by atoms with van der Waals surface area (Å²) in [5.74, 6) is 1.02. The van der Waals surface area contributed by atoms with E-state index in [0.717, 1.165) is 18.0 Å². The molecule has 2 nitrogen and oxygen atoms in total. The first kappa shape index (κ1) is 8.52. The monoisotopic (exact) mass is 168 g/mol. The molecule has 1 saturated carbocycles. The van der Waals surface area contributed by atoms with Crippen LogP contribution in [0.4, 0.5) is 0 Å². The third kappa shape index (κ3) is 1.50. The lowest BCUT2D eigenvalue weighted by molar-refractivity contribution is 0.0982. The molecule has 0 radical (unpaired) electrons. The lowest BCUT2D eigenvalue weighted by Gasteiger charge is -2.41. The second-order valence-corrected chi connectivity index (χ2v) is 4.22. The minimum absolute atomic E-state index is 0.835. The zero-order chi connectivity index (χ0) is 8.55. The molecule has 2 aliphatic rings. The van der Waals surface area contributed by atoms with Gasteiger partial charge in [-0.1, -0.05) is 6.92 Å². The van der Waals surface area contributed by atoms with Crippen LogP contribution in [0, 0.1) is 5.92 Å². The molecule has 1 heterocycles. The standard InChI is InChI=1S/C10H20N2/c1-3-12(10-6-11-7-10)8(2)9-4-5-9/h8-11H,3-7H2,1-2H3. The molecule has 1 aliphatic heterocycles. The van der Waals surface area contributed by atoms with Crippen molar-refractivity contribution < 1.29 is 0 Å². The molecule has 0 aromatic heterocycles. The molecule has 0 aromatic rings. The second-order valence-electron chi connectivity index (χ2n) is 4.22. The molecule has 0 spiro atoms. The predicted octanol–water partition coefficient (Wildman–Crippen LogP) is 1.08. The van der Waals surface area contributed by atoms with Crippen LogP contribution in [-0.2, 0) is 0 Å².